The van der Waals surface area contributed by atoms with Crippen molar-refractivity contribution in [3.05, 3.63) is 22.8 Å². The van der Waals surface area contributed by atoms with Crippen molar-refractivity contribution in [3.63, 3.8) is 0 Å². The minimum Gasteiger partial charge on any atom is -0.376 e. The molecule has 110 valence electrons. The Morgan fingerprint density at radius 1 is 1.65 bits per heavy atom. The summed E-state index contributed by atoms with van der Waals surface area (Å²) in [7, 11) is 0. The molecule has 1 aliphatic rings. The highest BCUT2D eigenvalue weighted by atomic mass is 35.5. The Balaban J connectivity index is 2.08. The highest BCUT2D eigenvalue weighted by Gasteiger charge is 2.23. The van der Waals surface area contributed by atoms with E-state index in [0.29, 0.717) is 16.4 Å². The number of piperidine rings is 1. The highest BCUT2D eigenvalue weighted by molar-refractivity contribution is 6.33. The third-order valence-electron chi connectivity index (χ3n) is 3.34. The maximum Gasteiger partial charge on any atom is 0.250 e. The van der Waals surface area contributed by atoms with E-state index in [4.69, 9.17) is 22.1 Å². The number of nitrogens with two attached hydrogens (primary N) is 1. The number of carbonyl (C=O) groups is 1. The number of aromatic nitrogens is 1. The van der Waals surface area contributed by atoms with Crippen LogP contribution in [0.3, 0.4) is 0 Å². The highest BCUT2D eigenvalue weighted by Crippen LogP contribution is 2.27. The molecule has 1 aliphatic heterocycles. The molecule has 5 nitrogen and oxygen atoms in total. The molecule has 1 saturated heterocycles. The normalized spacial score (nSPS) is 19.1. The topological polar surface area (TPSA) is 68.4 Å². The van der Waals surface area contributed by atoms with E-state index in [9.17, 15) is 4.79 Å². The molecule has 0 saturated carbocycles. The summed E-state index contributed by atoms with van der Waals surface area (Å²) in [5, 5.41) is 0.456. The molecular weight excluding hydrogens is 278 g/mol. The van der Waals surface area contributed by atoms with E-state index >= 15 is 0 Å². The van der Waals surface area contributed by atoms with Gasteiger partial charge in [-0.05, 0) is 25.3 Å². The van der Waals surface area contributed by atoms with Crippen LogP contribution < -0.4 is 10.6 Å². The summed E-state index contributed by atoms with van der Waals surface area (Å²) in [5.41, 5.74) is 5.55. The number of halogens is 1. The largest absolute Gasteiger partial charge is 0.376 e. The minimum atomic E-state index is -0.520. The number of primary amides is 1. The molecule has 6 heteroatoms. The van der Waals surface area contributed by atoms with E-state index in [0.717, 1.165) is 39.0 Å². The number of nitrogens with zero attached hydrogens (tertiary/aromatic N) is 2. The van der Waals surface area contributed by atoms with Crippen molar-refractivity contribution >= 4 is 23.3 Å². The zero-order valence-electron chi connectivity index (χ0n) is 11.6. The molecular formula is C14H20ClN3O2. The number of hydrogen-bond acceptors (Lipinski definition) is 4. The van der Waals surface area contributed by atoms with Crippen molar-refractivity contribution in [2.45, 2.75) is 32.3 Å². The van der Waals surface area contributed by atoms with Crippen LogP contribution in [0.1, 0.15) is 36.5 Å². The fraction of sp³-hybridized carbons (Fsp3) is 0.571. The summed E-state index contributed by atoms with van der Waals surface area (Å²) in [5.74, 6) is 0.176. The van der Waals surface area contributed by atoms with Gasteiger partial charge in [-0.2, -0.15) is 0 Å². The van der Waals surface area contributed by atoms with Gasteiger partial charge in [0.05, 0.1) is 16.7 Å². The molecule has 2 N–H and O–H groups in total. The predicted molar refractivity (Wildman–Crippen MR) is 79.2 cm³/mol. The van der Waals surface area contributed by atoms with Crippen LogP contribution in [0, 0.1) is 0 Å². The van der Waals surface area contributed by atoms with Crippen LogP contribution >= 0.6 is 11.6 Å². The number of anilines is 1. The van der Waals surface area contributed by atoms with Crippen LogP contribution in [0.25, 0.3) is 0 Å². The van der Waals surface area contributed by atoms with Gasteiger partial charge in [0, 0.05) is 25.9 Å². The van der Waals surface area contributed by atoms with Crippen LogP contribution in [0.5, 0.6) is 0 Å². The zero-order valence-corrected chi connectivity index (χ0v) is 12.4. The van der Waals surface area contributed by atoms with Gasteiger partial charge in [-0.3, -0.25) is 4.79 Å². The Morgan fingerprint density at radius 2 is 2.45 bits per heavy atom. The van der Waals surface area contributed by atoms with Crippen LogP contribution in [0.2, 0.25) is 5.02 Å². The molecule has 1 amide bonds. The molecule has 0 radical (unpaired) electrons. The van der Waals surface area contributed by atoms with E-state index in [1.165, 1.54) is 6.20 Å². The Morgan fingerprint density at radius 3 is 3.10 bits per heavy atom. The lowest BCUT2D eigenvalue weighted by atomic mass is 10.1. The Hall–Kier alpha value is -1.33. The molecule has 1 atom stereocenters. The predicted octanol–water partition coefficient (Wildman–Crippen LogP) is 2.23. The molecule has 1 aromatic rings. The van der Waals surface area contributed by atoms with Crippen molar-refractivity contribution in [1.29, 1.82) is 0 Å². The van der Waals surface area contributed by atoms with Gasteiger partial charge in [0.2, 0.25) is 5.91 Å². The monoisotopic (exact) mass is 297 g/mol. The maximum atomic E-state index is 11.1. The molecule has 20 heavy (non-hydrogen) atoms. The second kappa shape index (κ2) is 6.90. The summed E-state index contributed by atoms with van der Waals surface area (Å²) in [6.07, 6.45) is 4.82. The third-order valence-corrected chi connectivity index (χ3v) is 3.62. The summed E-state index contributed by atoms with van der Waals surface area (Å²) in [6, 6.07) is 1.57. The Kier molecular flexibility index (Phi) is 5.20. The molecule has 1 fully saturated rings. The van der Waals surface area contributed by atoms with Crippen LogP contribution in [0.15, 0.2) is 12.3 Å². The lowest BCUT2D eigenvalue weighted by Gasteiger charge is -2.33. The first-order valence-electron chi connectivity index (χ1n) is 6.93. The molecule has 0 aromatic carbocycles. The second-order valence-electron chi connectivity index (χ2n) is 4.97. The van der Waals surface area contributed by atoms with Crippen molar-refractivity contribution in [3.8, 4) is 0 Å². The van der Waals surface area contributed by atoms with Gasteiger partial charge >= 0.3 is 0 Å². The standard InChI is InChI=1S/C14H20ClN3O2/c1-2-6-20-11-4-3-5-18(9-11)14-12(15)7-10(8-17-14)13(16)19/h7-8,11H,2-6,9H2,1H3,(H2,16,19)/t11-/m0/s1. The third kappa shape index (κ3) is 3.61. The first kappa shape index (κ1) is 15.1. The molecule has 0 spiro atoms. The number of amides is 1. The van der Waals surface area contributed by atoms with E-state index in [1.54, 1.807) is 6.07 Å². The van der Waals surface area contributed by atoms with E-state index in [1.807, 2.05) is 0 Å². The lowest BCUT2D eigenvalue weighted by molar-refractivity contribution is 0.0439. The fourth-order valence-corrected chi connectivity index (χ4v) is 2.64. The lowest BCUT2D eigenvalue weighted by Crippen LogP contribution is -2.40. The van der Waals surface area contributed by atoms with Gasteiger partial charge < -0.3 is 15.4 Å². The van der Waals surface area contributed by atoms with Crippen molar-refractivity contribution in [2.24, 2.45) is 5.73 Å². The molecule has 2 heterocycles. The van der Waals surface area contributed by atoms with Crippen molar-refractivity contribution < 1.29 is 9.53 Å². The van der Waals surface area contributed by atoms with Gasteiger partial charge in [-0.1, -0.05) is 18.5 Å². The number of carbonyl (C=O) groups excluding carboxylic acids is 1. The molecule has 2 rings (SSSR count). The number of rotatable bonds is 5. The maximum absolute atomic E-state index is 11.1. The van der Waals surface area contributed by atoms with Crippen molar-refractivity contribution in [1.82, 2.24) is 4.98 Å². The fourth-order valence-electron chi connectivity index (χ4n) is 2.35. The number of ether oxygens (including phenoxy) is 1. The average molecular weight is 298 g/mol. The van der Waals surface area contributed by atoms with E-state index in [-0.39, 0.29) is 6.10 Å². The smallest absolute Gasteiger partial charge is 0.250 e. The Bertz CT molecular complexity index is 481. The van der Waals surface area contributed by atoms with Gasteiger partial charge in [0.25, 0.3) is 0 Å². The van der Waals surface area contributed by atoms with Crippen molar-refractivity contribution in [2.75, 3.05) is 24.6 Å². The van der Waals surface area contributed by atoms with Gasteiger partial charge in [-0.15, -0.1) is 0 Å². The van der Waals surface area contributed by atoms with Crippen LogP contribution in [-0.4, -0.2) is 36.7 Å². The van der Waals surface area contributed by atoms with Gasteiger partial charge in [-0.25, -0.2) is 4.98 Å². The van der Waals surface area contributed by atoms with Gasteiger partial charge in [0.15, 0.2) is 0 Å². The van der Waals surface area contributed by atoms with E-state index in [2.05, 4.69) is 16.8 Å². The average Bonchev–Trinajstić information content (AvgIpc) is 2.45. The van der Waals surface area contributed by atoms with Crippen LogP contribution in [-0.2, 0) is 4.74 Å². The Labute approximate surface area is 124 Å². The summed E-state index contributed by atoms with van der Waals surface area (Å²) >= 11 is 6.21. The molecule has 0 aliphatic carbocycles. The van der Waals surface area contributed by atoms with Gasteiger partial charge in [0.1, 0.15) is 5.82 Å². The molecule has 0 bridgehead atoms. The minimum absolute atomic E-state index is 0.220. The van der Waals surface area contributed by atoms with E-state index < -0.39 is 5.91 Å². The molecule has 0 unspecified atom stereocenters. The second-order valence-corrected chi connectivity index (χ2v) is 5.38. The SMILES string of the molecule is CCCO[C@H]1CCCN(c2ncc(C(N)=O)cc2Cl)C1. The summed E-state index contributed by atoms with van der Waals surface area (Å²) < 4.78 is 5.80. The number of hydrogen-bond donors (Lipinski definition) is 1. The molecule has 1 aromatic heterocycles. The number of pyridine rings is 1. The first-order valence-corrected chi connectivity index (χ1v) is 7.31. The summed E-state index contributed by atoms with van der Waals surface area (Å²) in [6.45, 7) is 4.55. The quantitative estimate of drug-likeness (QED) is 0.905. The zero-order chi connectivity index (χ0) is 14.5. The van der Waals surface area contributed by atoms with Crippen LogP contribution in [0.4, 0.5) is 5.82 Å². The summed E-state index contributed by atoms with van der Waals surface area (Å²) in [4.78, 5) is 17.5. The first-order chi connectivity index (χ1) is 9.61.